The van der Waals surface area contributed by atoms with Crippen LogP contribution in [0.1, 0.15) is 12.8 Å². The second kappa shape index (κ2) is 5.89. The molecular weight excluding hydrogens is 290 g/mol. The van der Waals surface area contributed by atoms with E-state index in [1.165, 1.54) is 11.3 Å². The third kappa shape index (κ3) is 3.58. The summed E-state index contributed by atoms with van der Waals surface area (Å²) in [6.07, 6.45) is -0.446. The van der Waals surface area contributed by atoms with Crippen LogP contribution >= 0.6 is 23.4 Å². The highest BCUT2D eigenvalue weighted by atomic mass is 32.2. The number of phenolic OH excluding ortho intramolecular Hbond substituents is 1. The molecule has 0 amide bonds. The topological polar surface area (TPSA) is 96.7 Å². The number of aliphatic carboxylic acids is 1. The van der Waals surface area contributed by atoms with E-state index in [1.54, 1.807) is 18.2 Å². The predicted molar refractivity (Wildman–Crippen MR) is 70.1 cm³/mol. The van der Waals surface area contributed by atoms with Crippen LogP contribution in [0, 0.1) is 0 Å². The average molecular weight is 299 g/mol. The summed E-state index contributed by atoms with van der Waals surface area (Å²) < 4.78 is 5.92. The second-order valence-electron chi connectivity index (χ2n) is 3.54. The van der Waals surface area contributed by atoms with Crippen LogP contribution in [0.4, 0.5) is 0 Å². The van der Waals surface area contributed by atoms with Gasteiger partial charge in [-0.3, -0.25) is 9.59 Å². The number of phenols is 1. The first kappa shape index (κ1) is 13.6. The number of hydrogen-bond donors (Lipinski definition) is 2. The summed E-state index contributed by atoms with van der Waals surface area (Å²) in [5, 5.41) is 18.0. The highest BCUT2D eigenvalue weighted by Crippen LogP contribution is 2.35. The number of aromatic hydroxyl groups is 1. The third-order valence-electron chi connectivity index (χ3n) is 2.12. The van der Waals surface area contributed by atoms with Gasteiger partial charge in [-0.05, 0) is 12.1 Å². The minimum Gasteiger partial charge on any atom is -0.506 e. The molecule has 0 aliphatic rings. The number of carbonyl (C=O) groups excluding carboxylic acids is 1. The lowest BCUT2D eigenvalue weighted by atomic mass is 10.3. The van der Waals surface area contributed by atoms with Crippen molar-refractivity contribution in [3.05, 3.63) is 18.2 Å². The molecule has 0 saturated heterocycles. The van der Waals surface area contributed by atoms with Crippen molar-refractivity contribution in [2.24, 2.45) is 0 Å². The first-order chi connectivity index (χ1) is 9.06. The standard InChI is InChI=1S/C11H9NO5S2/c13-7-3-1-2-6-10(7)18-11(12-6)19-17-9(16)5-4-8(14)15/h1-3,13H,4-5H2,(H,14,15). The van der Waals surface area contributed by atoms with Crippen molar-refractivity contribution >= 4 is 45.5 Å². The number of thiazole rings is 1. The van der Waals surface area contributed by atoms with Gasteiger partial charge in [-0.1, -0.05) is 6.07 Å². The third-order valence-corrected chi connectivity index (χ3v) is 3.97. The zero-order chi connectivity index (χ0) is 13.8. The van der Waals surface area contributed by atoms with Gasteiger partial charge in [0.2, 0.25) is 0 Å². The molecule has 0 spiro atoms. The van der Waals surface area contributed by atoms with Gasteiger partial charge in [0.05, 0.1) is 23.1 Å². The zero-order valence-corrected chi connectivity index (χ0v) is 11.2. The summed E-state index contributed by atoms with van der Waals surface area (Å²) in [7, 11) is 0. The number of carboxylic acids is 1. The fourth-order valence-electron chi connectivity index (χ4n) is 1.28. The Hall–Kier alpha value is -1.80. The maximum absolute atomic E-state index is 11.2. The molecule has 0 aliphatic carbocycles. The summed E-state index contributed by atoms with van der Waals surface area (Å²) in [6, 6.07) is 4.96. The van der Waals surface area contributed by atoms with Crippen LogP contribution in [0.3, 0.4) is 0 Å². The summed E-state index contributed by atoms with van der Waals surface area (Å²) in [4.78, 5) is 25.7. The smallest absolute Gasteiger partial charge is 0.318 e. The fourth-order valence-corrected chi connectivity index (χ4v) is 2.86. The molecule has 1 heterocycles. The van der Waals surface area contributed by atoms with Crippen LogP contribution in [-0.4, -0.2) is 27.1 Å². The van der Waals surface area contributed by atoms with E-state index in [2.05, 4.69) is 4.98 Å². The Morgan fingerprint density at radius 3 is 2.84 bits per heavy atom. The molecule has 0 bridgehead atoms. The molecular formula is C11H9NO5S2. The zero-order valence-electron chi connectivity index (χ0n) is 9.53. The Labute approximate surface area is 116 Å². The molecule has 2 aromatic rings. The van der Waals surface area contributed by atoms with Crippen LogP contribution in [0.15, 0.2) is 22.5 Å². The molecule has 6 nitrogen and oxygen atoms in total. The van der Waals surface area contributed by atoms with E-state index in [1.807, 2.05) is 0 Å². The average Bonchev–Trinajstić information content (AvgIpc) is 2.78. The van der Waals surface area contributed by atoms with E-state index in [9.17, 15) is 14.7 Å². The molecule has 1 aromatic carbocycles. The monoisotopic (exact) mass is 299 g/mol. The molecule has 0 fully saturated rings. The van der Waals surface area contributed by atoms with E-state index in [0.717, 1.165) is 12.0 Å². The maximum atomic E-state index is 11.2. The van der Waals surface area contributed by atoms with Gasteiger partial charge >= 0.3 is 11.9 Å². The number of nitrogens with zero attached hydrogens (tertiary/aromatic N) is 1. The predicted octanol–water partition coefficient (Wildman–Crippen LogP) is 2.42. The molecule has 19 heavy (non-hydrogen) atoms. The quantitative estimate of drug-likeness (QED) is 0.818. The number of hydrogen-bond acceptors (Lipinski definition) is 7. The minimum atomic E-state index is -1.05. The highest BCUT2D eigenvalue weighted by molar-refractivity contribution is 7.97. The van der Waals surface area contributed by atoms with Crippen molar-refractivity contribution in [2.75, 3.05) is 0 Å². The van der Waals surface area contributed by atoms with Crippen molar-refractivity contribution in [1.82, 2.24) is 4.98 Å². The molecule has 0 unspecified atom stereocenters. The van der Waals surface area contributed by atoms with Gasteiger partial charge in [0.1, 0.15) is 17.8 Å². The lowest BCUT2D eigenvalue weighted by Gasteiger charge is -1.97. The Morgan fingerprint density at radius 2 is 2.16 bits per heavy atom. The van der Waals surface area contributed by atoms with Crippen LogP contribution in [0.2, 0.25) is 0 Å². The van der Waals surface area contributed by atoms with Crippen molar-refractivity contribution in [1.29, 1.82) is 0 Å². The lowest BCUT2D eigenvalue weighted by molar-refractivity contribution is -0.141. The summed E-state index contributed by atoms with van der Waals surface area (Å²) >= 11 is 1.97. The van der Waals surface area contributed by atoms with Crippen LogP contribution in [0.5, 0.6) is 5.75 Å². The molecule has 8 heteroatoms. The maximum Gasteiger partial charge on any atom is 0.318 e. The number of rotatable bonds is 5. The first-order valence-corrected chi connectivity index (χ1v) is 6.80. The Kier molecular flexibility index (Phi) is 4.23. The summed E-state index contributed by atoms with van der Waals surface area (Å²) in [6.45, 7) is 0. The number of benzene rings is 1. The van der Waals surface area contributed by atoms with Crippen LogP contribution < -0.4 is 0 Å². The highest BCUT2D eigenvalue weighted by Gasteiger charge is 2.12. The number of carboxylic acid groups (broad SMARTS) is 1. The summed E-state index contributed by atoms with van der Waals surface area (Å²) in [5.74, 6) is -1.54. The van der Waals surface area contributed by atoms with E-state index >= 15 is 0 Å². The Morgan fingerprint density at radius 1 is 1.37 bits per heavy atom. The molecule has 0 radical (unpaired) electrons. The van der Waals surface area contributed by atoms with Crippen molar-refractivity contribution in [3.8, 4) is 5.75 Å². The Bertz CT molecular complexity index is 625. The van der Waals surface area contributed by atoms with Gasteiger partial charge in [0.15, 0.2) is 4.34 Å². The van der Waals surface area contributed by atoms with Crippen molar-refractivity contribution in [2.45, 2.75) is 17.2 Å². The Balaban J connectivity index is 1.96. The van der Waals surface area contributed by atoms with E-state index in [-0.39, 0.29) is 18.6 Å². The largest absolute Gasteiger partial charge is 0.506 e. The van der Waals surface area contributed by atoms with Gasteiger partial charge in [-0.2, -0.15) is 0 Å². The number of aromatic nitrogens is 1. The lowest BCUT2D eigenvalue weighted by Crippen LogP contribution is -2.03. The normalized spacial score (nSPS) is 10.5. The fraction of sp³-hybridized carbons (Fsp3) is 0.182. The minimum absolute atomic E-state index is 0.124. The molecule has 0 saturated carbocycles. The summed E-state index contributed by atoms with van der Waals surface area (Å²) in [5.41, 5.74) is 0.620. The molecule has 0 atom stereocenters. The molecule has 1 aromatic heterocycles. The SMILES string of the molecule is O=C(O)CCC(=O)OSc1nc2cccc(O)c2s1. The second-order valence-corrected chi connectivity index (χ2v) is 5.52. The molecule has 0 aliphatic heterocycles. The van der Waals surface area contributed by atoms with Gasteiger partial charge in [-0.15, -0.1) is 11.3 Å². The van der Waals surface area contributed by atoms with Crippen LogP contribution in [0.25, 0.3) is 10.2 Å². The van der Waals surface area contributed by atoms with Crippen LogP contribution in [-0.2, 0) is 13.8 Å². The number of fused-ring (bicyclic) bond motifs is 1. The van der Waals surface area contributed by atoms with E-state index < -0.39 is 11.9 Å². The van der Waals surface area contributed by atoms with Gasteiger partial charge in [0, 0.05) is 0 Å². The number of carbonyl (C=O) groups is 2. The van der Waals surface area contributed by atoms with E-state index in [0.29, 0.717) is 14.6 Å². The molecule has 2 rings (SSSR count). The van der Waals surface area contributed by atoms with E-state index in [4.69, 9.17) is 9.29 Å². The van der Waals surface area contributed by atoms with Crippen molar-refractivity contribution in [3.63, 3.8) is 0 Å². The first-order valence-electron chi connectivity index (χ1n) is 5.24. The molecule has 2 N–H and O–H groups in total. The molecule has 100 valence electrons. The van der Waals surface area contributed by atoms with Crippen molar-refractivity contribution < 1.29 is 24.0 Å². The van der Waals surface area contributed by atoms with Gasteiger partial charge in [-0.25, -0.2) is 4.98 Å². The van der Waals surface area contributed by atoms with Gasteiger partial charge in [0.25, 0.3) is 0 Å². The van der Waals surface area contributed by atoms with Gasteiger partial charge < -0.3 is 14.4 Å².